The van der Waals surface area contributed by atoms with E-state index < -0.39 is 5.92 Å². The Morgan fingerprint density at radius 1 is 1.33 bits per heavy atom. The number of carbonyl (C=O) groups excluding carboxylic acids is 1. The number of carbonyl (C=O) groups is 1. The molecule has 1 N–H and O–H groups in total. The Labute approximate surface area is 124 Å². The Hall–Kier alpha value is -2.17. The van der Waals surface area contributed by atoms with E-state index in [1.807, 2.05) is 31.2 Å². The van der Waals surface area contributed by atoms with Gasteiger partial charge in [-0.1, -0.05) is 31.2 Å². The number of hydrogen-bond donors (Lipinski definition) is 1. The summed E-state index contributed by atoms with van der Waals surface area (Å²) in [4.78, 5) is 16.8. The van der Waals surface area contributed by atoms with Gasteiger partial charge in [-0.25, -0.2) is 4.98 Å². The molecule has 0 fully saturated rings. The third-order valence-corrected chi connectivity index (χ3v) is 3.32. The van der Waals surface area contributed by atoms with Crippen molar-refractivity contribution >= 4 is 5.97 Å². The van der Waals surface area contributed by atoms with Crippen molar-refractivity contribution in [3.8, 4) is 0 Å². The molecule has 0 aliphatic heterocycles. The summed E-state index contributed by atoms with van der Waals surface area (Å²) < 4.78 is 5.20. The molecule has 1 heterocycles. The monoisotopic (exact) mass is 287 g/mol. The number of aromatic amines is 1. The number of rotatable bonds is 6. The predicted molar refractivity (Wildman–Crippen MR) is 80.0 cm³/mol. The molecule has 0 bridgehead atoms. The molecule has 0 aliphatic carbocycles. The van der Waals surface area contributed by atoms with Crippen molar-refractivity contribution in [2.75, 3.05) is 6.61 Å². The van der Waals surface area contributed by atoms with E-state index in [1.165, 1.54) is 0 Å². The smallest absolute Gasteiger partial charge is 0.321 e. The molecule has 2 aromatic rings. The van der Waals surface area contributed by atoms with Crippen LogP contribution >= 0.6 is 0 Å². The van der Waals surface area contributed by atoms with Crippen LogP contribution in [0.4, 0.5) is 0 Å². The number of nitrogens with zero attached hydrogens (tertiary/aromatic N) is 2. The van der Waals surface area contributed by atoms with Crippen LogP contribution in [0.1, 0.15) is 49.0 Å². The number of esters is 1. The van der Waals surface area contributed by atoms with Gasteiger partial charge >= 0.3 is 5.97 Å². The fraction of sp³-hybridized carbons (Fsp3) is 0.438. The predicted octanol–water partition coefficient (Wildman–Crippen LogP) is 2.76. The van der Waals surface area contributed by atoms with E-state index in [9.17, 15) is 4.79 Å². The Bertz CT molecular complexity index is 607. The summed E-state index contributed by atoms with van der Waals surface area (Å²) in [5, 5.41) is 7.12. The van der Waals surface area contributed by atoms with E-state index in [2.05, 4.69) is 22.1 Å². The summed E-state index contributed by atoms with van der Waals surface area (Å²) in [5.41, 5.74) is 1.91. The quantitative estimate of drug-likeness (QED) is 0.829. The van der Waals surface area contributed by atoms with E-state index >= 15 is 0 Å². The van der Waals surface area contributed by atoms with Gasteiger partial charge in [-0.15, -0.1) is 0 Å². The van der Waals surface area contributed by atoms with Crippen molar-refractivity contribution in [2.45, 2.75) is 39.5 Å². The molecule has 5 heteroatoms. The van der Waals surface area contributed by atoms with Crippen LogP contribution in [-0.2, 0) is 16.0 Å². The molecule has 0 amide bonds. The number of aromatic nitrogens is 3. The normalized spacial score (nSPS) is 12.1. The number of aryl methyl sites for hydroxylation is 2. The third-order valence-electron chi connectivity index (χ3n) is 3.32. The maximum Gasteiger partial charge on any atom is 0.321 e. The fourth-order valence-electron chi connectivity index (χ4n) is 2.30. The van der Waals surface area contributed by atoms with Crippen LogP contribution in [-0.4, -0.2) is 27.8 Å². The number of nitrogens with one attached hydrogen (secondary N) is 1. The van der Waals surface area contributed by atoms with Gasteiger partial charge in [0.05, 0.1) is 6.61 Å². The van der Waals surface area contributed by atoms with E-state index in [1.54, 1.807) is 6.92 Å². The first-order chi connectivity index (χ1) is 10.2. The highest BCUT2D eigenvalue weighted by Crippen LogP contribution is 2.26. The van der Waals surface area contributed by atoms with Crippen molar-refractivity contribution in [3.63, 3.8) is 0 Å². The third kappa shape index (κ3) is 3.48. The maximum absolute atomic E-state index is 12.3. The second-order valence-electron chi connectivity index (χ2n) is 4.93. The lowest BCUT2D eigenvalue weighted by Crippen LogP contribution is -2.19. The maximum atomic E-state index is 12.3. The van der Waals surface area contributed by atoms with Crippen molar-refractivity contribution < 1.29 is 9.53 Å². The van der Waals surface area contributed by atoms with Gasteiger partial charge in [-0.3, -0.25) is 9.89 Å². The van der Waals surface area contributed by atoms with E-state index in [0.717, 1.165) is 29.8 Å². The molecule has 2 rings (SSSR count). The summed E-state index contributed by atoms with van der Waals surface area (Å²) in [6.07, 6.45) is 1.79. The highest BCUT2D eigenvalue weighted by molar-refractivity contribution is 5.81. The Kier molecular flexibility index (Phi) is 5.09. The molecule has 1 aromatic carbocycles. The van der Waals surface area contributed by atoms with Crippen LogP contribution in [0.15, 0.2) is 24.3 Å². The van der Waals surface area contributed by atoms with Gasteiger partial charge in [-0.05, 0) is 31.4 Å². The molecule has 0 radical (unpaired) electrons. The van der Waals surface area contributed by atoms with Gasteiger partial charge in [0.25, 0.3) is 0 Å². The van der Waals surface area contributed by atoms with Gasteiger partial charge in [-0.2, -0.15) is 5.10 Å². The lowest BCUT2D eigenvalue weighted by atomic mass is 9.94. The average molecular weight is 287 g/mol. The van der Waals surface area contributed by atoms with Crippen molar-refractivity contribution in [2.24, 2.45) is 0 Å². The summed E-state index contributed by atoms with van der Waals surface area (Å²) in [6.45, 7) is 6.19. The van der Waals surface area contributed by atoms with E-state index in [-0.39, 0.29) is 5.97 Å². The lowest BCUT2D eigenvalue weighted by molar-refractivity contribution is -0.144. The second kappa shape index (κ2) is 7.02. The van der Waals surface area contributed by atoms with Crippen molar-refractivity contribution in [1.29, 1.82) is 0 Å². The molecule has 1 aromatic heterocycles. The first-order valence-electron chi connectivity index (χ1n) is 7.30. The van der Waals surface area contributed by atoms with E-state index in [4.69, 9.17) is 4.74 Å². The minimum absolute atomic E-state index is 0.311. The molecular formula is C16H21N3O2. The Morgan fingerprint density at radius 3 is 2.76 bits per heavy atom. The number of H-pyrrole nitrogens is 1. The molecule has 0 saturated heterocycles. The zero-order valence-corrected chi connectivity index (χ0v) is 12.7. The van der Waals surface area contributed by atoms with Gasteiger partial charge in [0, 0.05) is 6.42 Å². The summed E-state index contributed by atoms with van der Waals surface area (Å²) in [5.74, 6) is 0.392. The molecule has 0 aliphatic rings. The van der Waals surface area contributed by atoms with E-state index in [0.29, 0.717) is 12.4 Å². The van der Waals surface area contributed by atoms with Crippen LogP contribution < -0.4 is 0 Å². The first kappa shape index (κ1) is 15.2. The van der Waals surface area contributed by atoms with Crippen LogP contribution in [0.5, 0.6) is 0 Å². The van der Waals surface area contributed by atoms with Gasteiger partial charge in [0.15, 0.2) is 5.82 Å². The van der Waals surface area contributed by atoms with Gasteiger partial charge in [0.1, 0.15) is 11.7 Å². The standard InChI is InChI=1S/C16H21N3O2/c1-4-8-13-17-15(19-18-13)14(16(20)21-5-2)12-10-7-6-9-11(12)3/h6-7,9-10,14H,4-5,8H2,1-3H3,(H,17,18,19). The zero-order valence-electron chi connectivity index (χ0n) is 12.7. The highest BCUT2D eigenvalue weighted by atomic mass is 16.5. The van der Waals surface area contributed by atoms with Crippen LogP contribution in [0, 0.1) is 6.92 Å². The summed E-state index contributed by atoms with van der Waals surface area (Å²) in [6, 6.07) is 7.75. The highest BCUT2D eigenvalue weighted by Gasteiger charge is 2.29. The molecule has 5 nitrogen and oxygen atoms in total. The lowest BCUT2D eigenvalue weighted by Gasteiger charge is -2.15. The SMILES string of the molecule is CCCc1nc(C(C(=O)OCC)c2ccccc2C)n[nH]1. The molecule has 1 atom stereocenters. The average Bonchev–Trinajstić information content (AvgIpc) is 2.90. The molecule has 0 saturated carbocycles. The van der Waals surface area contributed by atoms with Gasteiger partial charge in [0.2, 0.25) is 0 Å². The number of ether oxygens (including phenoxy) is 1. The summed E-state index contributed by atoms with van der Waals surface area (Å²) in [7, 11) is 0. The minimum Gasteiger partial charge on any atom is -0.465 e. The van der Waals surface area contributed by atoms with Gasteiger partial charge < -0.3 is 4.74 Å². The molecule has 21 heavy (non-hydrogen) atoms. The largest absolute Gasteiger partial charge is 0.465 e. The zero-order chi connectivity index (χ0) is 15.2. The van der Waals surface area contributed by atoms with Crippen molar-refractivity contribution in [1.82, 2.24) is 15.2 Å². The van der Waals surface area contributed by atoms with Crippen LogP contribution in [0.25, 0.3) is 0 Å². The van der Waals surface area contributed by atoms with Crippen LogP contribution in [0.3, 0.4) is 0 Å². The first-order valence-corrected chi connectivity index (χ1v) is 7.30. The van der Waals surface area contributed by atoms with Crippen molar-refractivity contribution in [3.05, 3.63) is 47.0 Å². The number of benzene rings is 1. The molecular weight excluding hydrogens is 266 g/mol. The molecule has 1 unspecified atom stereocenters. The van der Waals surface area contributed by atoms with Crippen LogP contribution in [0.2, 0.25) is 0 Å². The second-order valence-corrected chi connectivity index (χ2v) is 4.93. The minimum atomic E-state index is -0.576. The topological polar surface area (TPSA) is 67.9 Å². The molecule has 112 valence electrons. The molecule has 0 spiro atoms. The summed E-state index contributed by atoms with van der Waals surface area (Å²) >= 11 is 0. The Balaban J connectivity index is 2.40. The Morgan fingerprint density at radius 2 is 2.10 bits per heavy atom. The number of hydrogen-bond acceptors (Lipinski definition) is 4. The fourth-order valence-corrected chi connectivity index (χ4v) is 2.30.